The fourth-order valence-electron chi connectivity index (χ4n) is 1.23. The molecule has 0 amide bonds. The predicted molar refractivity (Wildman–Crippen MR) is 99.6 cm³/mol. The van der Waals surface area contributed by atoms with Gasteiger partial charge in [-0.2, -0.15) is 0 Å². The van der Waals surface area contributed by atoms with Crippen LogP contribution in [0.4, 0.5) is 0 Å². The van der Waals surface area contributed by atoms with Gasteiger partial charge in [0.15, 0.2) is 4.98 Å². The first-order valence-electron chi connectivity index (χ1n) is 6.22. The van der Waals surface area contributed by atoms with Crippen LogP contribution in [-0.4, -0.2) is 31.3 Å². The Hall–Kier alpha value is 0.0487. The number of allylic oxidation sites excluding steroid dienone is 1. The van der Waals surface area contributed by atoms with E-state index < -0.39 is 24.0 Å². The molecule has 1 aromatic rings. The van der Waals surface area contributed by atoms with Crippen molar-refractivity contribution in [2.24, 2.45) is 0 Å². The van der Waals surface area contributed by atoms with Gasteiger partial charge >= 0.3 is 120 Å². The van der Waals surface area contributed by atoms with Crippen molar-refractivity contribution in [1.29, 1.82) is 5.39 Å². The second kappa shape index (κ2) is 10.3. The molecule has 0 radical (unpaired) electrons. The molecule has 12 heteroatoms. The van der Waals surface area contributed by atoms with E-state index in [1.54, 1.807) is 31.2 Å². The van der Waals surface area contributed by atoms with Gasteiger partial charge in [0.25, 0.3) is 0 Å². The summed E-state index contributed by atoms with van der Waals surface area (Å²) in [6.07, 6.45) is 0. The fraction of sp³-hybridized carbons (Fsp3) is 0.333. The summed E-state index contributed by atoms with van der Waals surface area (Å²) < 4.78 is 25.7. The summed E-state index contributed by atoms with van der Waals surface area (Å²) in [5, 5.41) is 8.17. The quantitative estimate of drug-likeness (QED) is 0.290. The van der Waals surface area contributed by atoms with Crippen LogP contribution in [0.2, 0.25) is 0 Å². The Balaban J connectivity index is 0.000000506. The van der Waals surface area contributed by atoms with Crippen LogP contribution in [0.25, 0.3) is 4.98 Å². The number of benzene rings is 1. The first-order valence-corrected chi connectivity index (χ1v) is 22.9. The summed E-state index contributed by atoms with van der Waals surface area (Å²) in [5.74, 6) is 0.220. The molecule has 6 nitrogen and oxygen atoms in total. The van der Waals surface area contributed by atoms with Crippen LogP contribution >= 0.6 is 35.7 Å². The maximum atomic E-state index is 11.6. The van der Waals surface area contributed by atoms with Crippen molar-refractivity contribution in [3.8, 4) is 0 Å². The number of hydrogen-bond donors (Lipinski definition) is 0. The molecule has 1 aromatic carbocycles. The van der Waals surface area contributed by atoms with Crippen LogP contribution < -0.4 is 0 Å². The third kappa shape index (κ3) is 10.8. The molecule has 0 bridgehead atoms. The third-order valence-corrected chi connectivity index (χ3v) is 11.8. The van der Waals surface area contributed by atoms with E-state index in [4.69, 9.17) is 43.6 Å². The Morgan fingerprint density at radius 2 is 1.58 bits per heavy atom. The first-order chi connectivity index (χ1) is 10.9. The van der Waals surface area contributed by atoms with Crippen molar-refractivity contribution in [1.82, 2.24) is 0 Å². The number of methoxy groups -OCH3 is 2. The number of diazo groups is 1. The molecule has 136 valence electrons. The predicted octanol–water partition coefficient (Wildman–Crippen LogP) is 5.20. The molecule has 0 saturated heterocycles. The van der Waals surface area contributed by atoms with Crippen LogP contribution in [0.3, 0.4) is 0 Å². The standard InChI is InChI=1S/C7H8O2S.C5H9N2O2.4ClH.Sn/c1-6-2-4-7(5-3-6)10(8)9;1-4(7-6)5(8-2)9-3;;;;;/h2-5H,1H3,(H,8,9);1-3H3;4*1H;/q;+1;;;;;+4/p-5. The summed E-state index contributed by atoms with van der Waals surface area (Å²) in [6.45, 7) is 3.48. The van der Waals surface area contributed by atoms with Crippen LogP contribution in [-0.2, 0) is 23.1 Å². The molecular formula is C12H16Cl4N2O4SSn. The molecule has 0 fully saturated rings. The van der Waals surface area contributed by atoms with Crippen molar-refractivity contribution in [2.45, 2.75) is 18.7 Å². The number of halogens is 4. The summed E-state index contributed by atoms with van der Waals surface area (Å²) in [4.78, 5) is 3.28. The zero-order chi connectivity index (χ0) is 19.0. The van der Waals surface area contributed by atoms with Gasteiger partial charge in [0.05, 0.1) is 21.1 Å². The molecule has 1 unspecified atom stereocenters. The van der Waals surface area contributed by atoms with Crippen LogP contribution in [0.1, 0.15) is 12.5 Å². The molecular weight excluding hydrogens is 529 g/mol. The number of ether oxygens (including phenoxy) is 2. The normalized spacial score (nSPS) is 13.2. The van der Waals surface area contributed by atoms with Gasteiger partial charge in [-0.3, -0.25) is 0 Å². The number of nitrogens with zero attached hydrogens (tertiary/aromatic N) is 2. The van der Waals surface area contributed by atoms with Gasteiger partial charge in [0, 0.05) is 0 Å². The minimum absolute atomic E-state index is 0.220. The average molecular weight is 545 g/mol. The van der Waals surface area contributed by atoms with Gasteiger partial charge in [-0.15, -0.1) is 0 Å². The fourth-order valence-corrected chi connectivity index (χ4v) is 9.30. The van der Waals surface area contributed by atoms with Crippen LogP contribution in [0, 0.1) is 12.3 Å². The summed E-state index contributed by atoms with van der Waals surface area (Å²) in [5.41, 5.74) is 1.36. The molecule has 0 heterocycles. The van der Waals surface area contributed by atoms with Crippen molar-refractivity contribution in [3.05, 3.63) is 46.4 Å². The van der Waals surface area contributed by atoms with Crippen molar-refractivity contribution < 1.29 is 16.2 Å². The van der Waals surface area contributed by atoms with Gasteiger partial charge in [0.2, 0.25) is 5.39 Å². The molecule has 0 N–H and O–H groups in total. The Morgan fingerprint density at radius 3 is 1.88 bits per heavy atom. The topological polar surface area (TPSA) is 72.9 Å². The molecule has 1 rings (SSSR count). The number of rotatable bonds is 5. The number of aryl methyl sites for hydroxylation is 1. The van der Waals surface area contributed by atoms with E-state index in [0.717, 1.165) is 5.56 Å². The second-order valence-corrected chi connectivity index (χ2v) is 38.1. The van der Waals surface area contributed by atoms with E-state index in [-0.39, 0.29) is 5.95 Å². The molecule has 0 saturated carbocycles. The zero-order valence-corrected chi connectivity index (χ0v) is 20.0. The average Bonchev–Trinajstić information content (AvgIpc) is 2.47. The van der Waals surface area contributed by atoms with E-state index in [9.17, 15) is 4.21 Å². The van der Waals surface area contributed by atoms with Crippen LogP contribution in [0.5, 0.6) is 0 Å². The van der Waals surface area contributed by atoms with Crippen molar-refractivity contribution >= 4 is 59.7 Å². The number of hydrogen-bond acceptors (Lipinski definition) is 5. The molecule has 0 aromatic heterocycles. The molecule has 1 atom stereocenters. The van der Waals surface area contributed by atoms with Crippen LogP contribution in [0.15, 0.2) is 40.8 Å². The summed E-state index contributed by atoms with van der Waals surface area (Å²) in [7, 11) is 25.1. The van der Waals surface area contributed by atoms with Gasteiger partial charge in [-0.05, 0) is 0 Å². The van der Waals surface area contributed by atoms with Crippen molar-refractivity contribution in [2.75, 3.05) is 14.2 Å². The molecule has 24 heavy (non-hydrogen) atoms. The Labute approximate surface area is 159 Å². The molecule has 0 aliphatic rings. The Bertz CT molecular complexity index is 641. The van der Waals surface area contributed by atoms with E-state index in [2.05, 4.69) is 14.4 Å². The van der Waals surface area contributed by atoms with Crippen molar-refractivity contribution in [3.63, 3.8) is 0 Å². The third-order valence-electron chi connectivity index (χ3n) is 2.23. The van der Waals surface area contributed by atoms with Gasteiger partial charge in [-0.1, -0.05) is 0 Å². The first kappa shape index (κ1) is 24.0. The van der Waals surface area contributed by atoms with Gasteiger partial charge < -0.3 is 9.47 Å². The maximum absolute atomic E-state index is 11.6. The van der Waals surface area contributed by atoms with Gasteiger partial charge in [-0.25, -0.2) is 0 Å². The Kier molecular flexibility index (Phi) is 10.3. The monoisotopic (exact) mass is 544 g/mol. The van der Waals surface area contributed by atoms with E-state index in [1.807, 2.05) is 6.92 Å². The second-order valence-electron chi connectivity index (χ2n) is 4.25. The van der Waals surface area contributed by atoms with Gasteiger partial charge in [0.1, 0.15) is 0 Å². The van der Waals surface area contributed by atoms with E-state index in [1.165, 1.54) is 14.2 Å². The summed E-state index contributed by atoms with van der Waals surface area (Å²) in [6, 6.07) is 6.83. The minimum atomic E-state index is -5.13. The van der Waals surface area contributed by atoms with E-state index >= 15 is 0 Å². The Morgan fingerprint density at radius 1 is 1.12 bits per heavy atom. The zero-order valence-electron chi connectivity index (χ0n) is 13.3. The van der Waals surface area contributed by atoms with E-state index in [0.29, 0.717) is 10.6 Å². The SMILES string of the molecule is COC(OC)=C(C)[N+]#N.Cc1ccc(S(=O)[O][Sn-]([Cl])([Cl])([Cl])[Cl])cc1. The summed E-state index contributed by atoms with van der Waals surface area (Å²) >= 11 is -6.96. The molecule has 0 aliphatic carbocycles. The molecule has 0 aliphatic heterocycles. The molecule has 0 spiro atoms.